The van der Waals surface area contributed by atoms with Gasteiger partial charge in [-0.3, -0.25) is 4.79 Å². The Hall–Kier alpha value is -1.12. The third kappa shape index (κ3) is 5.43. The quantitative estimate of drug-likeness (QED) is 0.817. The first-order valence-electron chi connectivity index (χ1n) is 7.88. The maximum Gasteiger partial charge on any atom is 0.244 e. The molecular weight excluding hydrogens is 372 g/mol. The molecule has 0 unspecified atom stereocenters. The molecule has 3 rings (SSSR count). The van der Waals surface area contributed by atoms with E-state index in [-0.39, 0.29) is 36.5 Å². The minimum absolute atomic E-state index is 0. The summed E-state index contributed by atoms with van der Waals surface area (Å²) in [5.74, 6) is -0.679. The van der Waals surface area contributed by atoms with Gasteiger partial charge in [0.05, 0.1) is 13.2 Å². The van der Waals surface area contributed by atoms with Gasteiger partial charge < -0.3 is 25.4 Å². The van der Waals surface area contributed by atoms with E-state index in [1.165, 1.54) is 12.1 Å². The highest BCUT2D eigenvalue weighted by Gasteiger charge is 2.36. The first-order chi connectivity index (χ1) is 11.1. The SMILES string of the molecule is Cl.Cl.NC1(C(=O)Nc2cc(F)cc(N3CCOCC3)c2)CCOCC1. The summed E-state index contributed by atoms with van der Waals surface area (Å²) in [6.07, 6.45) is 0.926. The minimum atomic E-state index is -0.955. The van der Waals surface area contributed by atoms with E-state index >= 15 is 0 Å². The van der Waals surface area contributed by atoms with Crippen LogP contribution in [0.1, 0.15) is 12.8 Å². The Labute approximate surface area is 159 Å². The van der Waals surface area contributed by atoms with Crippen LogP contribution in [0, 0.1) is 5.82 Å². The molecule has 0 radical (unpaired) electrons. The molecule has 1 aromatic rings. The number of nitrogens with zero attached hydrogens (tertiary/aromatic N) is 1. The van der Waals surface area contributed by atoms with Gasteiger partial charge >= 0.3 is 0 Å². The molecular formula is C16H24Cl2FN3O3. The Morgan fingerprint density at radius 1 is 1.08 bits per heavy atom. The maximum atomic E-state index is 13.9. The number of hydrogen-bond donors (Lipinski definition) is 2. The average molecular weight is 396 g/mol. The van der Waals surface area contributed by atoms with Gasteiger partial charge in [-0.2, -0.15) is 0 Å². The second-order valence-electron chi connectivity index (χ2n) is 6.02. The van der Waals surface area contributed by atoms with E-state index in [1.807, 2.05) is 4.90 Å². The second kappa shape index (κ2) is 9.54. The first-order valence-corrected chi connectivity index (χ1v) is 7.88. The maximum absolute atomic E-state index is 13.9. The van der Waals surface area contributed by atoms with Crippen LogP contribution in [-0.2, 0) is 14.3 Å². The molecule has 25 heavy (non-hydrogen) atoms. The number of benzene rings is 1. The number of carbonyl (C=O) groups is 1. The average Bonchev–Trinajstić information content (AvgIpc) is 2.56. The van der Waals surface area contributed by atoms with Crippen molar-refractivity contribution >= 4 is 42.1 Å². The zero-order valence-electron chi connectivity index (χ0n) is 13.8. The standard InChI is InChI=1S/C16H22FN3O3.2ClH/c17-12-9-13(11-14(10-12)20-3-7-23-8-4-20)19-15(21)16(18)1-5-22-6-2-16;;/h9-11H,1-8,18H2,(H,19,21);2*1H. The number of rotatable bonds is 3. The van der Waals surface area contributed by atoms with Crippen molar-refractivity contribution in [1.29, 1.82) is 0 Å². The molecule has 0 spiro atoms. The van der Waals surface area contributed by atoms with Gasteiger partial charge in [0, 0.05) is 37.7 Å². The topological polar surface area (TPSA) is 76.8 Å². The van der Waals surface area contributed by atoms with Crippen molar-refractivity contribution in [3.63, 3.8) is 0 Å². The van der Waals surface area contributed by atoms with Crippen LogP contribution in [0.4, 0.5) is 15.8 Å². The summed E-state index contributed by atoms with van der Waals surface area (Å²) in [5.41, 5.74) is 6.36. The highest BCUT2D eigenvalue weighted by molar-refractivity contribution is 5.98. The van der Waals surface area contributed by atoms with Crippen molar-refractivity contribution in [2.24, 2.45) is 5.73 Å². The largest absolute Gasteiger partial charge is 0.381 e. The minimum Gasteiger partial charge on any atom is -0.381 e. The van der Waals surface area contributed by atoms with Gasteiger partial charge in [-0.05, 0) is 31.0 Å². The molecule has 2 fully saturated rings. The lowest BCUT2D eigenvalue weighted by Gasteiger charge is -2.32. The third-order valence-electron chi connectivity index (χ3n) is 4.35. The van der Waals surface area contributed by atoms with Crippen molar-refractivity contribution in [2.75, 3.05) is 49.7 Å². The summed E-state index contributed by atoms with van der Waals surface area (Å²) in [4.78, 5) is 14.5. The summed E-state index contributed by atoms with van der Waals surface area (Å²) < 4.78 is 24.5. The Morgan fingerprint density at radius 2 is 1.68 bits per heavy atom. The molecule has 9 heteroatoms. The Kier molecular flexibility index (Phi) is 8.37. The van der Waals surface area contributed by atoms with Gasteiger partial charge in [0.15, 0.2) is 0 Å². The highest BCUT2D eigenvalue weighted by Crippen LogP contribution is 2.25. The van der Waals surface area contributed by atoms with Crippen molar-refractivity contribution in [3.05, 3.63) is 24.0 Å². The molecule has 0 aromatic heterocycles. The lowest BCUT2D eigenvalue weighted by molar-refractivity contribution is -0.124. The van der Waals surface area contributed by atoms with Crippen LogP contribution in [0.5, 0.6) is 0 Å². The van der Waals surface area contributed by atoms with E-state index < -0.39 is 5.54 Å². The Bertz CT molecular complexity index is 580. The fourth-order valence-corrected chi connectivity index (χ4v) is 2.87. The predicted octanol–water partition coefficient (Wildman–Crippen LogP) is 1.95. The van der Waals surface area contributed by atoms with Gasteiger partial charge in [0.25, 0.3) is 0 Å². The first kappa shape index (κ1) is 21.9. The molecule has 6 nitrogen and oxygen atoms in total. The highest BCUT2D eigenvalue weighted by atomic mass is 35.5. The van der Waals surface area contributed by atoms with Gasteiger partial charge in [0.2, 0.25) is 5.91 Å². The monoisotopic (exact) mass is 395 g/mol. The number of carbonyl (C=O) groups excluding carboxylic acids is 1. The van der Waals surface area contributed by atoms with Gasteiger partial charge in [-0.1, -0.05) is 0 Å². The van der Waals surface area contributed by atoms with Crippen LogP contribution in [-0.4, -0.2) is 51.0 Å². The number of nitrogens with two attached hydrogens (primary N) is 1. The number of nitrogens with one attached hydrogen (secondary N) is 1. The lowest BCUT2D eigenvalue weighted by Crippen LogP contribution is -2.54. The number of morpholine rings is 1. The van der Waals surface area contributed by atoms with Crippen molar-refractivity contribution in [1.82, 2.24) is 0 Å². The summed E-state index contributed by atoms with van der Waals surface area (Å²) in [6.45, 7) is 3.57. The zero-order chi connectivity index (χ0) is 16.3. The van der Waals surface area contributed by atoms with Crippen LogP contribution >= 0.6 is 24.8 Å². The molecule has 2 aliphatic rings. The third-order valence-corrected chi connectivity index (χ3v) is 4.35. The number of ether oxygens (including phenoxy) is 2. The summed E-state index contributed by atoms with van der Waals surface area (Å²) in [7, 11) is 0. The Morgan fingerprint density at radius 3 is 2.32 bits per heavy atom. The van der Waals surface area contributed by atoms with E-state index in [1.54, 1.807) is 6.07 Å². The van der Waals surface area contributed by atoms with Crippen LogP contribution in [0.3, 0.4) is 0 Å². The van der Waals surface area contributed by atoms with Crippen LogP contribution < -0.4 is 16.0 Å². The molecule has 0 atom stereocenters. The van der Waals surface area contributed by atoms with Gasteiger partial charge in [-0.25, -0.2) is 4.39 Å². The summed E-state index contributed by atoms with van der Waals surface area (Å²) in [6, 6.07) is 4.55. The number of hydrogen-bond acceptors (Lipinski definition) is 5. The van der Waals surface area contributed by atoms with E-state index in [0.717, 1.165) is 5.69 Å². The van der Waals surface area contributed by atoms with E-state index in [0.29, 0.717) is 58.0 Å². The zero-order valence-corrected chi connectivity index (χ0v) is 15.5. The molecule has 0 saturated carbocycles. The Balaban J connectivity index is 0.00000156. The van der Waals surface area contributed by atoms with Crippen molar-refractivity contribution in [3.8, 4) is 0 Å². The van der Waals surface area contributed by atoms with Gasteiger partial charge in [-0.15, -0.1) is 24.8 Å². The fraction of sp³-hybridized carbons (Fsp3) is 0.562. The summed E-state index contributed by atoms with van der Waals surface area (Å²) >= 11 is 0. The molecule has 0 aliphatic carbocycles. The molecule has 3 N–H and O–H groups in total. The van der Waals surface area contributed by atoms with Crippen LogP contribution in [0.15, 0.2) is 18.2 Å². The lowest BCUT2D eigenvalue weighted by atomic mass is 9.90. The van der Waals surface area contributed by atoms with E-state index in [9.17, 15) is 9.18 Å². The van der Waals surface area contributed by atoms with Crippen molar-refractivity contribution < 1.29 is 18.7 Å². The second-order valence-corrected chi connectivity index (χ2v) is 6.02. The number of anilines is 2. The molecule has 2 heterocycles. The van der Waals surface area contributed by atoms with E-state index in [2.05, 4.69) is 5.32 Å². The van der Waals surface area contributed by atoms with Crippen LogP contribution in [0.2, 0.25) is 0 Å². The molecule has 1 amide bonds. The van der Waals surface area contributed by atoms with E-state index in [4.69, 9.17) is 15.2 Å². The van der Waals surface area contributed by atoms with Crippen molar-refractivity contribution in [2.45, 2.75) is 18.4 Å². The number of amides is 1. The fourth-order valence-electron chi connectivity index (χ4n) is 2.87. The molecule has 142 valence electrons. The van der Waals surface area contributed by atoms with Crippen LogP contribution in [0.25, 0.3) is 0 Å². The predicted molar refractivity (Wildman–Crippen MR) is 99.5 cm³/mol. The smallest absolute Gasteiger partial charge is 0.244 e. The molecule has 1 aromatic carbocycles. The normalized spacial score (nSPS) is 19.4. The summed E-state index contributed by atoms with van der Waals surface area (Å²) in [5, 5.41) is 2.76. The number of halogens is 3. The molecule has 2 aliphatic heterocycles. The molecule has 2 saturated heterocycles. The molecule has 0 bridgehead atoms. The van der Waals surface area contributed by atoms with Gasteiger partial charge in [0.1, 0.15) is 11.4 Å².